The normalized spacial score (nSPS) is 10.6. The Hall–Kier alpha value is -3.22. The van der Waals surface area contributed by atoms with Crippen LogP contribution in [-0.4, -0.2) is 20.9 Å². The summed E-state index contributed by atoms with van der Waals surface area (Å²) < 4.78 is 5.65. The highest BCUT2D eigenvalue weighted by Gasteiger charge is 2.14. The highest BCUT2D eigenvalue weighted by Crippen LogP contribution is 2.21. The second-order valence-electron chi connectivity index (χ2n) is 5.66. The lowest BCUT2D eigenvalue weighted by molar-refractivity contribution is -0.120. The van der Waals surface area contributed by atoms with E-state index in [1.165, 1.54) is 6.07 Å². The Labute approximate surface area is 144 Å². The van der Waals surface area contributed by atoms with Crippen LogP contribution in [0, 0.1) is 13.8 Å². The molecule has 7 heteroatoms. The van der Waals surface area contributed by atoms with Crippen molar-refractivity contribution in [2.24, 2.45) is 0 Å². The molecule has 0 radical (unpaired) electrons. The van der Waals surface area contributed by atoms with Gasteiger partial charge in [-0.15, -0.1) is 0 Å². The van der Waals surface area contributed by atoms with E-state index >= 15 is 0 Å². The van der Waals surface area contributed by atoms with Gasteiger partial charge in [-0.05, 0) is 26.0 Å². The first-order chi connectivity index (χ1) is 12.0. The zero-order chi connectivity index (χ0) is 17.8. The van der Waals surface area contributed by atoms with Crippen molar-refractivity contribution in [3.8, 4) is 11.5 Å². The van der Waals surface area contributed by atoms with Gasteiger partial charge in [-0.25, -0.2) is 9.97 Å². The summed E-state index contributed by atoms with van der Waals surface area (Å²) in [6.07, 6.45) is 0.102. The molecule has 7 nitrogen and oxygen atoms in total. The van der Waals surface area contributed by atoms with E-state index < -0.39 is 0 Å². The van der Waals surface area contributed by atoms with E-state index in [2.05, 4.69) is 20.3 Å². The Bertz CT molecular complexity index is 944. The van der Waals surface area contributed by atoms with Gasteiger partial charge in [0.15, 0.2) is 0 Å². The Kier molecular flexibility index (Phi) is 4.74. The molecular formula is C18H18N4O3. The molecule has 0 fully saturated rings. The first kappa shape index (κ1) is 16.6. The van der Waals surface area contributed by atoms with E-state index in [-0.39, 0.29) is 24.4 Å². The van der Waals surface area contributed by atoms with Crippen LogP contribution in [0.1, 0.15) is 23.0 Å². The van der Waals surface area contributed by atoms with Crippen LogP contribution in [-0.2, 0) is 17.8 Å². The number of nitrogens with zero attached hydrogens (tertiary/aromatic N) is 2. The highest BCUT2D eigenvalue weighted by molar-refractivity contribution is 5.78. The quantitative estimate of drug-likeness (QED) is 0.740. The zero-order valence-corrected chi connectivity index (χ0v) is 14.0. The number of aromatic nitrogens is 3. The molecule has 0 aliphatic carbocycles. The molecule has 0 saturated carbocycles. The zero-order valence-electron chi connectivity index (χ0n) is 14.0. The highest BCUT2D eigenvalue weighted by atomic mass is 16.4. The molecular weight excluding hydrogens is 320 g/mol. The lowest BCUT2D eigenvalue weighted by Crippen LogP contribution is -2.26. The maximum Gasteiger partial charge on any atom is 0.251 e. The molecule has 2 aromatic heterocycles. The van der Waals surface area contributed by atoms with Gasteiger partial charge in [0.1, 0.15) is 11.6 Å². The molecule has 25 heavy (non-hydrogen) atoms. The largest absolute Gasteiger partial charge is 0.441 e. The number of carbonyl (C=O) groups excluding carboxylic acids is 1. The van der Waals surface area contributed by atoms with Crippen molar-refractivity contribution < 1.29 is 9.21 Å². The molecule has 0 aliphatic rings. The molecule has 0 unspecified atom stereocenters. The number of nitrogens with one attached hydrogen (secondary N) is 2. The first-order valence-electron chi connectivity index (χ1n) is 7.86. The van der Waals surface area contributed by atoms with Crippen LogP contribution in [0.4, 0.5) is 0 Å². The average Bonchev–Trinajstić information content (AvgIpc) is 2.94. The maximum absolute atomic E-state index is 12.1. The van der Waals surface area contributed by atoms with Crippen molar-refractivity contribution in [1.82, 2.24) is 20.3 Å². The number of H-pyrrole nitrogens is 1. The second-order valence-corrected chi connectivity index (χ2v) is 5.66. The summed E-state index contributed by atoms with van der Waals surface area (Å²) >= 11 is 0. The number of benzene rings is 1. The smallest absolute Gasteiger partial charge is 0.251 e. The Balaban J connectivity index is 1.65. The SMILES string of the molecule is Cc1nc(CNC(=O)Cc2nc(-c3ccccc3)oc2C)cc(=O)[nH]1. The van der Waals surface area contributed by atoms with Gasteiger partial charge in [0.2, 0.25) is 11.8 Å². The summed E-state index contributed by atoms with van der Waals surface area (Å²) in [6, 6.07) is 10.9. The fourth-order valence-electron chi connectivity index (χ4n) is 2.43. The third-order valence-corrected chi connectivity index (χ3v) is 3.62. The van der Waals surface area contributed by atoms with Crippen LogP contribution in [0.3, 0.4) is 0 Å². The van der Waals surface area contributed by atoms with E-state index in [0.717, 1.165) is 5.56 Å². The van der Waals surface area contributed by atoms with Gasteiger partial charge >= 0.3 is 0 Å². The predicted octanol–water partition coefficient (Wildman–Crippen LogP) is 1.90. The Morgan fingerprint density at radius 3 is 2.68 bits per heavy atom. The van der Waals surface area contributed by atoms with Crippen LogP contribution in [0.25, 0.3) is 11.5 Å². The molecule has 2 N–H and O–H groups in total. The molecule has 0 aliphatic heterocycles. The minimum Gasteiger partial charge on any atom is -0.441 e. The van der Waals surface area contributed by atoms with Crippen molar-refractivity contribution in [3.63, 3.8) is 0 Å². The third-order valence-electron chi connectivity index (χ3n) is 3.62. The number of rotatable bonds is 5. The van der Waals surface area contributed by atoms with Crippen LogP contribution in [0.2, 0.25) is 0 Å². The fourth-order valence-corrected chi connectivity index (χ4v) is 2.43. The lowest BCUT2D eigenvalue weighted by atomic mass is 10.2. The molecule has 128 valence electrons. The molecule has 1 amide bonds. The van der Waals surface area contributed by atoms with Gasteiger partial charge in [0, 0.05) is 11.6 Å². The molecule has 0 spiro atoms. The summed E-state index contributed by atoms with van der Waals surface area (Å²) in [6.45, 7) is 3.66. The second kappa shape index (κ2) is 7.12. The monoisotopic (exact) mass is 338 g/mol. The molecule has 0 atom stereocenters. The van der Waals surface area contributed by atoms with E-state index in [0.29, 0.717) is 28.9 Å². The number of oxazole rings is 1. The van der Waals surface area contributed by atoms with E-state index in [4.69, 9.17) is 4.42 Å². The van der Waals surface area contributed by atoms with Crippen molar-refractivity contribution in [2.75, 3.05) is 0 Å². The Morgan fingerprint density at radius 1 is 1.20 bits per heavy atom. The molecule has 1 aromatic carbocycles. The number of aryl methyl sites for hydroxylation is 2. The summed E-state index contributed by atoms with van der Waals surface area (Å²) in [4.78, 5) is 34.7. The molecule has 0 bridgehead atoms. The first-order valence-corrected chi connectivity index (χ1v) is 7.86. The van der Waals surface area contributed by atoms with Crippen molar-refractivity contribution >= 4 is 5.91 Å². The summed E-state index contributed by atoms with van der Waals surface area (Å²) in [5.74, 6) is 1.40. The van der Waals surface area contributed by atoms with E-state index in [1.807, 2.05) is 30.3 Å². The van der Waals surface area contributed by atoms with Crippen LogP contribution in [0.5, 0.6) is 0 Å². The van der Waals surface area contributed by atoms with Crippen molar-refractivity contribution in [2.45, 2.75) is 26.8 Å². The lowest BCUT2D eigenvalue weighted by Gasteiger charge is -2.04. The average molecular weight is 338 g/mol. The molecule has 3 aromatic rings. The Morgan fingerprint density at radius 2 is 1.96 bits per heavy atom. The van der Waals surface area contributed by atoms with Gasteiger partial charge in [-0.2, -0.15) is 0 Å². The van der Waals surface area contributed by atoms with Gasteiger partial charge in [0.05, 0.1) is 24.4 Å². The maximum atomic E-state index is 12.1. The fraction of sp³-hybridized carbons (Fsp3) is 0.222. The van der Waals surface area contributed by atoms with E-state index in [1.54, 1.807) is 13.8 Å². The number of amides is 1. The van der Waals surface area contributed by atoms with Gasteiger partial charge in [0.25, 0.3) is 5.56 Å². The number of hydrogen-bond donors (Lipinski definition) is 2. The van der Waals surface area contributed by atoms with E-state index in [9.17, 15) is 9.59 Å². The van der Waals surface area contributed by atoms with Crippen LogP contribution >= 0.6 is 0 Å². The summed E-state index contributed by atoms with van der Waals surface area (Å²) in [5, 5.41) is 2.74. The minimum atomic E-state index is -0.239. The number of carbonyl (C=O) groups is 1. The van der Waals surface area contributed by atoms with Crippen molar-refractivity contribution in [3.05, 3.63) is 69.7 Å². The van der Waals surface area contributed by atoms with Gasteiger partial charge in [-0.1, -0.05) is 18.2 Å². The predicted molar refractivity (Wildman–Crippen MR) is 91.8 cm³/mol. The number of hydrogen-bond acceptors (Lipinski definition) is 5. The third kappa shape index (κ3) is 4.20. The summed E-state index contributed by atoms with van der Waals surface area (Å²) in [7, 11) is 0. The van der Waals surface area contributed by atoms with Gasteiger partial charge < -0.3 is 14.7 Å². The molecule has 0 saturated heterocycles. The molecule has 2 heterocycles. The summed E-state index contributed by atoms with van der Waals surface area (Å²) in [5.41, 5.74) is 1.72. The minimum absolute atomic E-state index is 0.102. The standard InChI is InChI=1S/C18H18N4O3/c1-11-15(22-18(25-11)13-6-4-3-5-7-13)9-16(23)19-10-14-8-17(24)21-12(2)20-14/h3-8H,9-10H2,1-2H3,(H,19,23)(H,20,21,24). The van der Waals surface area contributed by atoms with Crippen LogP contribution in [0.15, 0.2) is 45.6 Å². The van der Waals surface area contributed by atoms with Crippen LogP contribution < -0.4 is 10.9 Å². The molecule has 3 rings (SSSR count). The number of aromatic amines is 1. The van der Waals surface area contributed by atoms with Gasteiger partial charge in [-0.3, -0.25) is 9.59 Å². The van der Waals surface area contributed by atoms with Crippen molar-refractivity contribution in [1.29, 1.82) is 0 Å². The topological polar surface area (TPSA) is 101 Å².